The molecule has 9 nitrogen and oxygen atoms in total. The summed E-state index contributed by atoms with van der Waals surface area (Å²) in [6, 6.07) is 19.7. The average Bonchev–Trinajstić information content (AvgIpc) is 3.70. The number of hydrogen-bond donors (Lipinski definition) is 2. The van der Waals surface area contributed by atoms with E-state index in [4.69, 9.17) is 9.47 Å². The van der Waals surface area contributed by atoms with E-state index in [9.17, 15) is 9.59 Å². The fraction of sp³-hybridized carbons (Fsp3) is 0.333. The number of carbonyl (C=O) groups is 2. The highest BCUT2D eigenvalue weighted by Crippen LogP contribution is 2.11. The molecule has 0 fully saturated rings. The van der Waals surface area contributed by atoms with Gasteiger partial charge in [-0.3, -0.25) is 9.88 Å². The maximum absolute atomic E-state index is 12.7. The number of benzene rings is 2. The van der Waals surface area contributed by atoms with Gasteiger partial charge in [-0.2, -0.15) is 0 Å². The molecule has 0 unspecified atom stereocenters. The third kappa shape index (κ3) is 10.9. The van der Waals surface area contributed by atoms with Gasteiger partial charge in [0.25, 0.3) is 0 Å². The Balaban J connectivity index is 1.41. The zero-order valence-electron chi connectivity index (χ0n) is 23.0. The fourth-order valence-corrected chi connectivity index (χ4v) is 5.43. The maximum Gasteiger partial charge on any atom is 0.407 e. The third-order valence-electron chi connectivity index (χ3n) is 6.34. The Bertz CT molecular complexity index is 1190. The number of alkyl carbamates (subject to hydrolysis) is 2. The molecular weight excluding hydrogens is 558 g/mol. The molecule has 4 aromatic rings. The Morgan fingerprint density at radius 2 is 1.44 bits per heavy atom. The summed E-state index contributed by atoms with van der Waals surface area (Å²) in [4.78, 5) is 36.8. The number of rotatable bonds is 15. The minimum Gasteiger partial charge on any atom is -0.444 e. The van der Waals surface area contributed by atoms with E-state index >= 15 is 0 Å². The fourth-order valence-electron chi connectivity index (χ4n) is 4.39. The highest BCUT2D eigenvalue weighted by atomic mass is 32.1. The van der Waals surface area contributed by atoms with E-state index in [0.29, 0.717) is 25.9 Å². The summed E-state index contributed by atoms with van der Waals surface area (Å²) in [5.41, 5.74) is 3.93. The van der Waals surface area contributed by atoms with Crippen LogP contribution in [0, 0.1) is 0 Å². The van der Waals surface area contributed by atoms with Crippen molar-refractivity contribution in [2.45, 2.75) is 45.1 Å². The lowest BCUT2D eigenvalue weighted by Gasteiger charge is -2.30. The highest BCUT2D eigenvalue weighted by Gasteiger charge is 2.22. The Morgan fingerprint density at radius 3 is 1.93 bits per heavy atom. The van der Waals surface area contributed by atoms with Crippen molar-refractivity contribution in [2.24, 2.45) is 0 Å². The smallest absolute Gasteiger partial charge is 0.407 e. The van der Waals surface area contributed by atoms with Crippen LogP contribution in [0.5, 0.6) is 0 Å². The molecule has 0 spiro atoms. The third-order valence-corrected chi connectivity index (χ3v) is 7.84. The van der Waals surface area contributed by atoms with Crippen LogP contribution in [-0.4, -0.2) is 58.8 Å². The topological polar surface area (TPSA) is 106 Å². The molecule has 2 heterocycles. The van der Waals surface area contributed by atoms with E-state index in [-0.39, 0.29) is 25.3 Å². The van der Waals surface area contributed by atoms with Crippen molar-refractivity contribution in [2.75, 3.05) is 19.6 Å². The first-order chi connectivity index (χ1) is 20.1. The average molecular weight is 594 g/mol. The van der Waals surface area contributed by atoms with E-state index in [1.807, 2.05) is 66.0 Å². The second-order valence-corrected chi connectivity index (χ2v) is 11.4. The number of likely N-dealkylation sites (N-methyl/N-ethyl adjacent to an activating group) is 1. The van der Waals surface area contributed by atoms with Crippen molar-refractivity contribution in [3.8, 4) is 0 Å². The number of nitrogens with zero attached hydrogens (tertiary/aromatic N) is 3. The standard InChI is InChI=1S/C30H35N5O4S2/c1-2-35(18-25(15-23-9-5-3-6-10-23)33-29(36)38-20-27-17-31-22-41-27)19-26(16-24-11-7-4-8-12-24)34-30(37)39-21-28-32-13-14-40-28/h3-14,17,22,25-26H,2,15-16,18-21H2,1H3,(H,33,36)(H,34,37)/t25-,26-/m0/s1. The lowest BCUT2D eigenvalue weighted by atomic mass is 10.0. The summed E-state index contributed by atoms with van der Waals surface area (Å²) >= 11 is 2.89. The largest absolute Gasteiger partial charge is 0.444 e. The molecule has 0 aliphatic carbocycles. The van der Waals surface area contributed by atoms with E-state index in [0.717, 1.165) is 27.6 Å². The van der Waals surface area contributed by atoms with Crippen molar-refractivity contribution in [3.63, 3.8) is 0 Å². The first kappa shape index (κ1) is 30.2. The van der Waals surface area contributed by atoms with Crippen LogP contribution in [0.3, 0.4) is 0 Å². The van der Waals surface area contributed by atoms with E-state index in [2.05, 4.69) is 32.4 Å². The first-order valence-corrected chi connectivity index (χ1v) is 15.3. The molecule has 4 rings (SSSR count). The van der Waals surface area contributed by atoms with Gasteiger partial charge in [0.1, 0.15) is 18.2 Å². The summed E-state index contributed by atoms with van der Waals surface area (Å²) in [6.07, 6.45) is 3.70. The first-order valence-electron chi connectivity index (χ1n) is 13.5. The zero-order chi connectivity index (χ0) is 28.7. The van der Waals surface area contributed by atoms with Gasteiger partial charge >= 0.3 is 12.2 Å². The predicted octanol–water partition coefficient (Wildman–Crippen LogP) is 5.30. The van der Waals surface area contributed by atoms with Crippen LogP contribution < -0.4 is 10.6 Å². The van der Waals surface area contributed by atoms with Crippen LogP contribution in [0.15, 0.2) is 83.9 Å². The highest BCUT2D eigenvalue weighted by molar-refractivity contribution is 7.09. The summed E-state index contributed by atoms with van der Waals surface area (Å²) < 4.78 is 10.9. The molecule has 2 atom stereocenters. The molecule has 0 saturated heterocycles. The summed E-state index contributed by atoms with van der Waals surface area (Å²) in [5.74, 6) is 0. The summed E-state index contributed by atoms with van der Waals surface area (Å²) in [6.45, 7) is 4.25. The van der Waals surface area contributed by atoms with Gasteiger partial charge in [-0.05, 0) is 30.5 Å². The molecule has 2 N–H and O–H groups in total. The molecule has 2 amide bonds. The molecule has 11 heteroatoms. The van der Waals surface area contributed by atoms with E-state index in [1.54, 1.807) is 17.9 Å². The molecule has 0 bridgehead atoms. The Kier molecular flexibility index (Phi) is 12.1. The molecule has 0 radical (unpaired) electrons. The Hall–Kier alpha value is -3.80. The summed E-state index contributed by atoms with van der Waals surface area (Å²) in [5, 5.41) is 8.70. The SMILES string of the molecule is CCN(C[C@H](Cc1ccccc1)NC(=O)OCc1cncs1)C[C@H](Cc1ccccc1)NC(=O)OCc1nccs1. The van der Waals surface area contributed by atoms with E-state index in [1.165, 1.54) is 22.7 Å². The van der Waals surface area contributed by atoms with Crippen LogP contribution >= 0.6 is 22.7 Å². The van der Waals surface area contributed by atoms with Crippen LogP contribution in [0.2, 0.25) is 0 Å². The molecule has 2 aromatic heterocycles. The Labute approximate surface area is 248 Å². The van der Waals surface area contributed by atoms with Gasteiger partial charge in [0.15, 0.2) is 0 Å². The van der Waals surface area contributed by atoms with Gasteiger partial charge in [0, 0.05) is 42.9 Å². The number of amides is 2. The van der Waals surface area contributed by atoms with Gasteiger partial charge in [-0.25, -0.2) is 14.6 Å². The monoisotopic (exact) mass is 593 g/mol. The second-order valence-electron chi connectivity index (χ2n) is 9.46. The van der Waals surface area contributed by atoms with Crippen molar-refractivity contribution in [1.82, 2.24) is 25.5 Å². The Morgan fingerprint density at radius 1 is 0.854 bits per heavy atom. The molecule has 2 aromatic carbocycles. The van der Waals surface area contributed by atoms with Crippen molar-refractivity contribution >= 4 is 34.9 Å². The quantitative estimate of drug-likeness (QED) is 0.193. The van der Waals surface area contributed by atoms with E-state index < -0.39 is 12.2 Å². The van der Waals surface area contributed by atoms with Crippen molar-refractivity contribution in [3.05, 3.63) is 105 Å². The lowest BCUT2D eigenvalue weighted by Crippen LogP contribution is -2.50. The van der Waals surface area contributed by atoms with Crippen LogP contribution in [0.1, 0.15) is 27.9 Å². The minimum atomic E-state index is -0.484. The number of ether oxygens (including phenoxy) is 2. The molecule has 41 heavy (non-hydrogen) atoms. The predicted molar refractivity (Wildman–Crippen MR) is 161 cm³/mol. The number of nitrogens with one attached hydrogen (secondary N) is 2. The number of carbonyl (C=O) groups excluding carboxylic acids is 2. The molecular formula is C30H35N5O4S2. The summed E-state index contributed by atoms with van der Waals surface area (Å²) in [7, 11) is 0. The zero-order valence-corrected chi connectivity index (χ0v) is 24.6. The van der Waals surface area contributed by atoms with Gasteiger partial charge in [-0.15, -0.1) is 22.7 Å². The minimum absolute atomic E-state index is 0.131. The van der Waals surface area contributed by atoms with Crippen molar-refractivity contribution in [1.29, 1.82) is 0 Å². The maximum atomic E-state index is 12.7. The van der Waals surface area contributed by atoms with Crippen LogP contribution in [0.4, 0.5) is 9.59 Å². The number of aromatic nitrogens is 2. The van der Waals surface area contributed by atoms with Gasteiger partial charge in [0.05, 0.1) is 10.4 Å². The number of hydrogen-bond acceptors (Lipinski definition) is 9. The van der Waals surface area contributed by atoms with Crippen molar-refractivity contribution < 1.29 is 19.1 Å². The van der Waals surface area contributed by atoms with Gasteiger partial charge < -0.3 is 20.1 Å². The number of thiazole rings is 2. The van der Waals surface area contributed by atoms with Crippen LogP contribution in [0.25, 0.3) is 0 Å². The molecule has 0 aliphatic rings. The second kappa shape index (κ2) is 16.5. The normalized spacial score (nSPS) is 12.4. The molecule has 0 saturated carbocycles. The van der Waals surface area contributed by atoms with Gasteiger partial charge in [0.2, 0.25) is 0 Å². The van der Waals surface area contributed by atoms with Crippen LogP contribution in [-0.2, 0) is 35.5 Å². The molecule has 0 aliphatic heterocycles. The lowest BCUT2D eigenvalue weighted by molar-refractivity contribution is 0.127. The van der Waals surface area contributed by atoms with Gasteiger partial charge in [-0.1, -0.05) is 67.6 Å². The molecule has 216 valence electrons.